The maximum absolute atomic E-state index is 3.27. The van der Waals surface area contributed by atoms with Crippen LogP contribution in [0, 0.1) is 0 Å². The molecule has 1 aromatic rings. The van der Waals surface area contributed by atoms with Crippen molar-refractivity contribution in [2.75, 3.05) is 20.1 Å². The Morgan fingerprint density at radius 1 is 1.27 bits per heavy atom. The lowest BCUT2D eigenvalue weighted by Gasteiger charge is -2.24. The van der Waals surface area contributed by atoms with Crippen LogP contribution in [0.2, 0.25) is 0 Å². The van der Waals surface area contributed by atoms with E-state index in [1.165, 1.54) is 5.56 Å². The minimum Gasteiger partial charge on any atom is -0.316 e. The normalized spacial score (nSPS) is 13.1. The highest BCUT2D eigenvalue weighted by atomic mass is 15.1. The number of benzene rings is 1. The molecule has 1 rings (SSSR count). The summed E-state index contributed by atoms with van der Waals surface area (Å²) in [6.45, 7) is 7.67. The number of hydrogen-bond acceptors (Lipinski definition) is 2. The summed E-state index contributed by atoms with van der Waals surface area (Å²) < 4.78 is 0. The predicted molar refractivity (Wildman–Crippen MR) is 65.9 cm³/mol. The molecule has 0 amide bonds. The van der Waals surface area contributed by atoms with Crippen LogP contribution in [0.3, 0.4) is 0 Å². The molecule has 1 aromatic carbocycles. The SMILES string of the molecule is CCN(Cc1ccccc1)CC(C)NC. The Hall–Kier alpha value is -0.860. The molecule has 0 heterocycles. The van der Waals surface area contributed by atoms with E-state index in [9.17, 15) is 0 Å². The molecule has 1 atom stereocenters. The number of hydrogen-bond donors (Lipinski definition) is 1. The second kappa shape index (κ2) is 6.59. The largest absolute Gasteiger partial charge is 0.316 e. The lowest BCUT2D eigenvalue weighted by Crippen LogP contribution is -2.37. The van der Waals surface area contributed by atoms with Gasteiger partial charge in [0.2, 0.25) is 0 Å². The van der Waals surface area contributed by atoms with Gasteiger partial charge >= 0.3 is 0 Å². The van der Waals surface area contributed by atoms with Gasteiger partial charge in [-0.2, -0.15) is 0 Å². The van der Waals surface area contributed by atoms with Crippen LogP contribution >= 0.6 is 0 Å². The Kier molecular flexibility index (Phi) is 5.37. The van der Waals surface area contributed by atoms with Gasteiger partial charge in [0.1, 0.15) is 0 Å². The molecule has 0 radical (unpaired) electrons. The van der Waals surface area contributed by atoms with Crippen LogP contribution in [-0.2, 0) is 6.54 Å². The minimum absolute atomic E-state index is 0.550. The smallest absolute Gasteiger partial charge is 0.0234 e. The van der Waals surface area contributed by atoms with E-state index in [2.05, 4.69) is 54.4 Å². The minimum atomic E-state index is 0.550. The first-order chi connectivity index (χ1) is 7.26. The summed E-state index contributed by atoms with van der Waals surface area (Å²) in [5, 5.41) is 3.27. The molecule has 84 valence electrons. The van der Waals surface area contributed by atoms with E-state index in [0.29, 0.717) is 6.04 Å². The van der Waals surface area contributed by atoms with Crippen LogP contribution in [-0.4, -0.2) is 31.1 Å². The maximum atomic E-state index is 3.27. The lowest BCUT2D eigenvalue weighted by atomic mass is 10.2. The van der Waals surface area contributed by atoms with Gasteiger partial charge in [0.25, 0.3) is 0 Å². The molecule has 0 bridgehead atoms. The average molecular weight is 206 g/mol. The Morgan fingerprint density at radius 2 is 1.93 bits per heavy atom. The molecule has 0 saturated carbocycles. The Labute approximate surface area is 93.3 Å². The number of rotatable bonds is 6. The standard InChI is InChI=1S/C13H22N2/c1-4-15(10-12(2)14-3)11-13-8-6-5-7-9-13/h5-9,12,14H,4,10-11H2,1-3H3. The van der Waals surface area contributed by atoms with Crippen molar-refractivity contribution < 1.29 is 0 Å². The fraction of sp³-hybridized carbons (Fsp3) is 0.538. The molecule has 0 fully saturated rings. The molecule has 0 spiro atoms. The van der Waals surface area contributed by atoms with Crippen LogP contribution in [0.5, 0.6) is 0 Å². The summed E-state index contributed by atoms with van der Waals surface area (Å²) >= 11 is 0. The first-order valence-electron chi connectivity index (χ1n) is 5.69. The zero-order valence-electron chi connectivity index (χ0n) is 10.0. The van der Waals surface area contributed by atoms with Crippen molar-refractivity contribution in [3.63, 3.8) is 0 Å². The van der Waals surface area contributed by atoms with Crippen LogP contribution in [0.15, 0.2) is 30.3 Å². The third-order valence-corrected chi connectivity index (χ3v) is 2.72. The summed E-state index contributed by atoms with van der Waals surface area (Å²) in [4.78, 5) is 2.45. The van der Waals surface area contributed by atoms with Crippen LogP contribution in [0.4, 0.5) is 0 Å². The molecule has 1 unspecified atom stereocenters. The molecule has 2 heteroatoms. The predicted octanol–water partition coefficient (Wildman–Crippen LogP) is 2.12. The Morgan fingerprint density at radius 3 is 2.47 bits per heavy atom. The highest BCUT2D eigenvalue weighted by Gasteiger charge is 2.06. The van der Waals surface area contributed by atoms with E-state index in [4.69, 9.17) is 0 Å². The third kappa shape index (κ3) is 4.45. The zero-order valence-corrected chi connectivity index (χ0v) is 10.0. The van der Waals surface area contributed by atoms with E-state index in [-0.39, 0.29) is 0 Å². The van der Waals surface area contributed by atoms with Crippen molar-refractivity contribution in [3.05, 3.63) is 35.9 Å². The van der Waals surface area contributed by atoms with Gasteiger partial charge in [0.05, 0.1) is 0 Å². The quantitative estimate of drug-likeness (QED) is 0.767. The van der Waals surface area contributed by atoms with Gasteiger partial charge < -0.3 is 5.32 Å². The fourth-order valence-electron chi connectivity index (χ4n) is 1.63. The summed E-state index contributed by atoms with van der Waals surface area (Å²) in [7, 11) is 2.01. The molecule has 2 nitrogen and oxygen atoms in total. The molecule has 0 aliphatic carbocycles. The Balaban J connectivity index is 2.47. The lowest BCUT2D eigenvalue weighted by molar-refractivity contribution is 0.255. The van der Waals surface area contributed by atoms with Crippen molar-refractivity contribution in [1.29, 1.82) is 0 Å². The first-order valence-corrected chi connectivity index (χ1v) is 5.69. The number of nitrogens with zero attached hydrogens (tertiary/aromatic N) is 1. The summed E-state index contributed by atoms with van der Waals surface area (Å²) in [6, 6.07) is 11.2. The van der Waals surface area contributed by atoms with Crippen LogP contribution in [0.1, 0.15) is 19.4 Å². The van der Waals surface area contributed by atoms with Gasteiger partial charge in [0, 0.05) is 19.1 Å². The van der Waals surface area contributed by atoms with E-state index >= 15 is 0 Å². The number of likely N-dealkylation sites (N-methyl/N-ethyl adjacent to an activating group) is 2. The van der Waals surface area contributed by atoms with Gasteiger partial charge in [-0.3, -0.25) is 4.90 Å². The van der Waals surface area contributed by atoms with E-state index in [1.807, 2.05) is 7.05 Å². The van der Waals surface area contributed by atoms with Gasteiger partial charge in [-0.05, 0) is 26.1 Å². The summed E-state index contributed by atoms with van der Waals surface area (Å²) in [5.41, 5.74) is 1.39. The fourth-order valence-corrected chi connectivity index (χ4v) is 1.63. The monoisotopic (exact) mass is 206 g/mol. The zero-order chi connectivity index (χ0) is 11.1. The molecular formula is C13H22N2. The molecule has 0 aliphatic heterocycles. The maximum Gasteiger partial charge on any atom is 0.0234 e. The van der Waals surface area contributed by atoms with Crippen molar-refractivity contribution >= 4 is 0 Å². The van der Waals surface area contributed by atoms with Gasteiger partial charge in [-0.15, -0.1) is 0 Å². The van der Waals surface area contributed by atoms with E-state index in [0.717, 1.165) is 19.6 Å². The molecule has 0 aliphatic rings. The molecular weight excluding hydrogens is 184 g/mol. The van der Waals surface area contributed by atoms with E-state index in [1.54, 1.807) is 0 Å². The van der Waals surface area contributed by atoms with Gasteiger partial charge in [0.15, 0.2) is 0 Å². The number of nitrogens with one attached hydrogen (secondary N) is 1. The van der Waals surface area contributed by atoms with Crippen molar-refractivity contribution in [1.82, 2.24) is 10.2 Å². The van der Waals surface area contributed by atoms with Gasteiger partial charge in [-0.25, -0.2) is 0 Å². The van der Waals surface area contributed by atoms with Crippen molar-refractivity contribution in [2.45, 2.75) is 26.4 Å². The second-order valence-corrected chi connectivity index (χ2v) is 4.00. The van der Waals surface area contributed by atoms with E-state index < -0.39 is 0 Å². The highest BCUT2D eigenvalue weighted by molar-refractivity contribution is 5.14. The summed E-state index contributed by atoms with van der Waals surface area (Å²) in [6.07, 6.45) is 0. The second-order valence-electron chi connectivity index (χ2n) is 4.00. The average Bonchev–Trinajstić information content (AvgIpc) is 2.29. The molecule has 0 aromatic heterocycles. The molecule has 1 N–H and O–H groups in total. The summed E-state index contributed by atoms with van der Waals surface area (Å²) in [5.74, 6) is 0. The van der Waals surface area contributed by atoms with Crippen LogP contribution in [0.25, 0.3) is 0 Å². The van der Waals surface area contributed by atoms with Gasteiger partial charge in [-0.1, -0.05) is 37.3 Å². The topological polar surface area (TPSA) is 15.3 Å². The molecule has 0 saturated heterocycles. The van der Waals surface area contributed by atoms with Crippen molar-refractivity contribution in [2.24, 2.45) is 0 Å². The molecule has 15 heavy (non-hydrogen) atoms. The van der Waals surface area contributed by atoms with Crippen molar-refractivity contribution in [3.8, 4) is 0 Å². The van der Waals surface area contributed by atoms with Crippen LogP contribution < -0.4 is 5.32 Å². The highest BCUT2D eigenvalue weighted by Crippen LogP contribution is 2.04. The first kappa shape index (κ1) is 12.2. The Bertz CT molecular complexity index is 258. The third-order valence-electron chi connectivity index (χ3n) is 2.72.